The summed E-state index contributed by atoms with van der Waals surface area (Å²) in [4.78, 5) is 39.4. The molecular weight excluding hydrogens is 551 g/mol. The Hall–Kier alpha value is -3.01. The predicted octanol–water partition coefficient (Wildman–Crippen LogP) is 5.74. The zero-order valence-electron chi connectivity index (χ0n) is 24.2. The SMILES string of the molecule is CCCCC(CC)CN1C(=O)/C(=C\c2c(N3CCN(Cc4ccccc4)CC3)nc3c(C)cccn3c2=O)SC1=S. The maximum Gasteiger partial charge on any atom is 0.267 e. The van der Waals surface area contributed by atoms with Gasteiger partial charge in [-0.05, 0) is 42.5 Å². The number of aryl methyl sites for hydroxylation is 1. The number of piperazine rings is 1. The summed E-state index contributed by atoms with van der Waals surface area (Å²) in [6.45, 7) is 11.1. The van der Waals surface area contributed by atoms with E-state index in [4.69, 9.17) is 17.2 Å². The van der Waals surface area contributed by atoms with Crippen molar-refractivity contribution in [2.45, 2.75) is 53.0 Å². The number of pyridine rings is 1. The number of thioether (sulfide) groups is 1. The monoisotopic (exact) mass is 589 g/mol. The summed E-state index contributed by atoms with van der Waals surface area (Å²) in [5.41, 5.74) is 3.15. The van der Waals surface area contributed by atoms with E-state index in [1.807, 2.05) is 25.1 Å². The van der Waals surface area contributed by atoms with Crippen molar-refractivity contribution in [1.82, 2.24) is 19.2 Å². The quantitative estimate of drug-likeness (QED) is 0.221. The van der Waals surface area contributed by atoms with Crippen LogP contribution in [0.2, 0.25) is 0 Å². The van der Waals surface area contributed by atoms with E-state index >= 15 is 0 Å². The average Bonchev–Trinajstić information content (AvgIpc) is 3.25. The summed E-state index contributed by atoms with van der Waals surface area (Å²) < 4.78 is 2.16. The molecular formula is C32H39N5O2S2. The molecule has 4 heterocycles. The van der Waals surface area contributed by atoms with Gasteiger partial charge in [0, 0.05) is 45.5 Å². The summed E-state index contributed by atoms with van der Waals surface area (Å²) in [6, 6.07) is 14.3. The zero-order chi connectivity index (χ0) is 28.9. The van der Waals surface area contributed by atoms with Crippen LogP contribution < -0.4 is 10.5 Å². The molecule has 1 amide bonds. The third-order valence-corrected chi connectivity index (χ3v) is 9.50. The molecule has 0 bridgehead atoms. The molecule has 2 aliphatic heterocycles. The van der Waals surface area contributed by atoms with Crippen molar-refractivity contribution >= 4 is 51.7 Å². The highest BCUT2D eigenvalue weighted by molar-refractivity contribution is 8.26. The van der Waals surface area contributed by atoms with Crippen LogP contribution in [0.1, 0.15) is 56.2 Å². The van der Waals surface area contributed by atoms with E-state index in [9.17, 15) is 9.59 Å². The van der Waals surface area contributed by atoms with Crippen molar-refractivity contribution in [2.24, 2.45) is 5.92 Å². The van der Waals surface area contributed by atoms with Crippen molar-refractivity contribution in [2.75, 3.05) is 37.6 Å². The smallest absolute Gasteiger partial charge is 0.267 e. The van der Waals surface area contributed by atoms with Crippen LogP contribution in [0.4, 0.5) is 5.82 Å². The van der Waals surface area contributed by atoms with Gasteiger partial charge in [-0.2, -0.15) is 0 Å². The Morgan fingerprint density at radius 3 is 2.51 bits per heavy atom. The second-order valence-corrected chi connectivity index (χ2v) is 12.7. The standard InChI is InChI=1S/C32H39N5O2S2/c1-4-6-12-24(5-2)22-37-31(39)27(41-32(37)40)20-26-29(33-28-23(3)11-10-15-36(28)30(26)38)35-18-16-34(17-19-35)21-25-13-8-7-9-14-25/h7-11,13-15,20,24H,4-6,12,16-19,21-22H2,1-3H3/b27-20+. The number of aromatic nitrogens is 2. The Kier molecular flexibility index (Phi) is 9.57. The number of hydrogen-bond acceptors (Lipinski definition) is 7. The third kappa shape index (κ3) is 6.58. The molecule has 0 aliphatic carbocycles. The molecule has 3 aromatic rings. The number of carbonyl (C=O) groups excluding carboxylic acids is 1. The van der Waals surface area contributed by atoms with Gasteiger partial charge in [0.25, 0.3) is 11.5 Å². The molecule has 0 N–H and O–H groups in total. The molecule has 1 unspecified atom stereocenters. The van der Waals surface area contributed by atoms with Gasteiger partial charge in [0.15, 0.2) is 0 Å². The van der Waals surface area contributed by atoms with E-state index in [2.05, 4.69) is 47.9 Å². The Bertz CT molecular complexity index is 1500. The average molecular weight is 590 g/mol. The van der Waals surface area contributed by atoms with Gasteiger partial charge < -0.3 is 4.90 Å². The molecule has 0 spiro atoms. The Balaban J connectivity index is 1.44. The fraction of sp³-hybridized carbons (Fsp3) is 0.438. The van der Waals surface area contributed by atoms with Gasteiger partial charge in [-0.15, -0.1) is 0 Å². The molecule has 41 heavy (non-hydrogen) atoms. The lowest BCUT2D eigenvalue weighted by atomic mass is 9.99. The van der Waals surface area contributed by atoms with Crippen LogP contribution >= 0.6 is 24.0 Å². The molecule has 2 saturated heterocycles. The largest absolute Gasteiger partial charge is 0.353 e. The summed E-state index contributed by atoms with van der Waals surface area (Å²) in [6.07, 6.45) is 7.86. The first-order valence-electron chi connectivity index (χ1n) is 14.7. The van der Waals surface area contributed by atoms with E-state index in [1.165, 1.54) is 17.3 Å². The first-order chi connectivity index (χ1) is 19.9. The highest BCUT2D eigenvalue weighted by atomic mass is 32.2. The molecule has 216 valence electrons. The summed E-state index contributed by atoms with van der Waals surface area (Å²) in [7, 11) is 0. The Morgan fingerprint density at radius 2 is 1.80 bits per heavy atom. The van der Waals surface area contributed by atoms with Crippen molar-refractivity contribution < 1.29 is 4.79 Å². The highest BCUT2D eigenvalue weighted by Gasteiger charge is 2.34. The number of anilines is 1. The predicted molar refractivity (Wildman–Crippen MR) is 173 cm³/mol. The van der Waals surface area contributed by atoms with Crippen LogP contribution in [0.15, 0.2) is 58.4 Å². The number of amides is 1. The Morgan fingerprint density at radius 1 is 1.05 bits per heavy atom. The van der Waals surface area contributed by atoms with Gasteiger partial charge in [0.2, 0.25) is 0 Å². The first-order valence-corrected chi connectivity index (χ1v) is 15.9. The minimum atomic E-state index is -0.167. The first kappa shape index (κ1) is 29.5. The minimum absolute atomic E-state index is 0.109. The molecule has 2 aliphatic rings. The number of nitrogens with zero attached hydrogens (tertiary/aromatic N) is 5. The summed E-state index contributed by atoms with van der Waals surface area (Å²) in [5.74, 6) is 0.945. The molecule has 2 fully saturated rings. The van der Waals surface area contributed by atoms with Crippen LogP contribution in [0, 0.1) is 12.8 Å². The van der Waals surface area contributed by atoms with Gasteiger partial charge >= 0.3 is 0 Å². The molecule has 2 aromatic heterocycles. The van der Waals surface area contributed by atoms with Crippen LogP contribution in [0.5, 0.6) is 0 Å². The second kappa shape index (κ2) is 13.3. The molecule has 1 atom stereocenters. The molecule has 9 heteroatoms. The lowest BCUT2D eigenvalue weighted by Crippen LogP contribution is -2.47. The normalized spacial score (nSPS) is 18.2. The lowest BCUT2D eigenvalue weighted by Gasteiger charge is -2.36. The van der Waals surface area contributed by atoms with E-state index in [0.29, 0.717) is 38.7 Å². The van der Waals surface area contributed by atoms with Crippen LogP contribution in [0.25, 0.3) is 11.7 Å². The fourth-order valence-corrected chi connectivity index (χ4v) is 6.85. The van der Waals surface area contributed by atoms with Gasteiger partial charge in [-0.3, -0.25) is 23.8 Å². The molecule has 0 saturated carbocycles. The fourth-order valence-electron chi connectivity index (χ4n) is 5.59. The van der Waals surface area contributed by atoms with Crippen LogP contribution in [0.3, 0.4) is 0 Å². The number of unbranched alkanes of at least 4 members (excludes halogenated alkanes) is 1. The van der Waals surface area contributed by atoms with Crippen LogP contribution in [-0.4, -0.2) is 62.1 Å². The van der Waals surface area contributed by atoms with Crippen molar-refractivity contribution in [3.05, 3.63) is 80.6 Å². The van der Waals surface area contributed by atoms with Gasteiger partial charge in [0.05, 0.1) is 10.5 Å². The lowest BCUT2D eigenvalue weighted by molar-refractivity contribution is -0.122. The second-order valence-electron chi connectivity index (χ2n) is 11.0. The number of thiocarbonyl (C=S) groups is 1. The summed E-state index contributed by atoms with van der Waals surface area (Å²) in [5, 5.41) is 0. The topological polar surface area (TPSA) is 61.2 Å². The Labute approximate surface area is 252 Å². The van der Waals surface area contributed by atoms with Gasteiger partial charge in [0.1, 0.15) is 15.8 Å². The molecule has 5 rings (SSSR count). The highest BCUT2D eigenvalue weighted by Crippen LogP contribution is 2.35. The van der Waals surface area contributed by atoms with E-state index in [0.717, 1.165) is 64.0 Å². The number of benzene rings is 1. The maximum absolute atomic E-state index is 13.9. The number of carbonyl (C=O) groups is 1. The maximum atomic E-state index is 13.9. The minimum Gasteiger partial charge on any atom is -0.353 e. The van der Waals surface area contributed by atoms with Crippen molar-refractivity contribution in [3.8, 4) is 0 Å². The molecule has 1 aromatic carbocycles. The third-order valence-electron chi connectivity index (χ3n) is 8.12. The van der Waals surface area contributed by atoms with E-state index in [1.54, 1.807) is 21.6 Å². The van der Waals surface area contributed by atoms with E-state index < -0.39 is 0 Å². The number of rotatable bonds is 10. The van der Waals surface area contributed by atoms with Gasteiger partial charge in [-0.25, -0.2) is 4.98 Å². The number of hydrogen-bond donors (Lipinski definition) is 0. The summed E-state index contributed by atoms with van der Waals surface area (Å²) >= 11 is 6.95. The van der Waals surface area contributed by atoms with E-state index in [-0.39, 0.29) is 11.5 Å². The van der Waals surface area contributed by atoms with Crippen molar-refractivity contribution in [1.29, 1.82) is 0 Å². The zero-order valence-corrected chi connectivity index (χ0v) is 25.8. The number of fused-ring (bicyclic) bond motifs is 1. The molecule has 0 radical (unpaired) electrons. The van der Waals surface area contributed by atoms with Gasteiger partial charge in [-0.1, -0.05) is 93.5 Å². The van der Waals surface area contributed by atoms with Crippen molar-refractivity contribution in [3.63, 3.8) is 0 Å². The van der Waals surface area contributed by atoms with Crippen LogP contribution in [-0.2, 0) is 11.3 Å². The molecule has 7 nitrogen and oxygen atoms in total.